The molecule has 10 nitrogen and oxygen atoms in total. The summed E-state index contributed by atoms with van der Waals surface area (Å²) in [4.78, 5) is 69.3. The Kier molecular flexibility index (Phi) is 8.03. The number of rotatable bonds is 9. The average molecular weight is 639 g/mol. The van der Waals surface area contributed by atoms with Crippen LogP contribution in [0, 0.1) is 34.9 Å². The summed E-state index contributed by atoms with van der Waals surface area (Å²) in [6.07, 6.45) is 2.21. The van der Waals surface area contributed by atoms with Gasteiger partial charge in [0, 0.05) is 24.4 Å². The van der Waals surface area contributed by atoms with E-state index in [2.05, 4.69) is 0 Å². The minimum absolute atomic E-state index is 0.0115. The molecule has 45 heavy (non-hydrogen) atoms. The number of carbonyl (C=O) groups is 5. The predicted octanol–water partition coefficient (Wildman–Crippen LogP) is 3.95. The van der Waals surface area contributed by atoms with Gasteiger partial charge in [-0.05, 0) is 56.4 Å². The molecular weight excluding hydrogens is 607 g/mol. The first-order valence-electron chi connectivity index (χ1n) is 14.9. The van der Waals surface area contributed by atoms with Crippen LogP contribution in [0.5, 0.6) is 5.75 Å². The van der Waals surface area contributed by atoms with Gasteiger partial charge in [0.25, 0.3) is 0 Å². The van der Waals surface area contributed by atoms with E-state index < -0.39 is 64.5 Å². The fraction of sp³-hybridized carbons (Fsp3) is 0.424. The molecule has 236 valence electrons. The number of ether oxygens (including phenoxy) is 1. The lowest BCUT2D eigenvalue weighted by molar-refractivity contribution is -0.142. The number of carboxylic acid groups (broad SMARTS) is 1. The third-order valence-corrected chi connectivity index (χ3v) is 10.2. The molecule has 0 bridgehead atoms. The number of likely N-dealkylation sites (tertiary alicyclic amines) is 1. The Hall–Kier alpha value is -4.09. The van der Waals surface area contributed by atoms with Crippen molar-refractivity contribution in [3.05, 3.63) is 70.5 Å². The second-order valence-electron chi connectivity index (χ2n) is 12.2. The van der Waals surface area contributed by atoms with Gasteiger partial charge in [-0.1, -0.05) is 41.4 Å². The second kappa shape index (κ2) is 11.7. The topological polar surface area (TPSA) is 142 Å². The molecule has 2 aliphatic heterocycles. The first-order chi connectivity index (χ1) is 21.5. The summed E-state index contributed by atoms with van der Waals surface area (Å²) in [7, 11) is 0. The number of halogens is 2. The van der Waals surface area contributed by atoms with Gasteiger partial charge in [0.1, 0.15) is 18.2 Å². The molecule has 2 saturated heterocycles. The number of nitrogens with zero attached hydrogens (tertiary/aromatic N) is 2. The number of hydrogen-bond donors (Lipinski definition) is 2. The lowest BCUT2D eigenvalue weighted by atomic mass is 9.51. The molecule has 6 rings (SSSR count). The second-order valence-corrected chi connectivity index (χ2v) is 12.6. The van der Waals surface area contributed by atoms with E-state index in [-0.39, 0.29) is 62.1 Å². The standard InChI is InChI=1S/C33H32ClFN2O8/c1-33-22(30(42)37(32(33)44)17-8-11-24(35)23(34)15-17)16-21-18(28(33)19-5-2-3-6-25(19)45-14-13-38)9-10-20-27(21)31(43)36(29(20)41)12-4-7-26(39)40/h2-3,5-6,8-9,11,15,20-22,27-28,38H,4,7,10,12-14,16H2,1H3,(H,39,40)/t20-,21+,22-,27-,28+,33+/m0/s1. The Bertz CT molecular complexity index is 1640. The monoisotopic (exact) mass is 638 g/mol. The van der Waals surface area contributed by atoms with E-state index in [9.17, 15) is 33.5 Å². The molecule has 12 heteroatoms. The van der Waals surface area contributed by atoms with Gasteiger partial charge in [-0.2, -0.15) is 0 Å². The molecule has 2 aromatic rings. The third-order valence-electron chi connectivity index (χ3n) is 9.88. The van der Waals surface area contributed by atoms with E-state index in [1.165, 1.54) is 12.1 Å². The van der Waals surface area contributed by atoms with Crippen molar-refractivity contribution in [2.45, 2.75) is 38.5 Å². The number of aliphatic hydroxyl groups excluding tert-OH is 1. The summed E-state index contributed by atoms with van der Waals surface area (Å²) in [5.41, 5.74) is 0.132. The van der Waals surface area contributed by atoms with Gasteiger partial charge in [0.2, 0.25) is 23.6 Å². The number of anilines is 1. The number of fused-ring (bicyclic) bond motifs is 4. The van der Waals surface area contributed by atoms with Crippen LogP contribution in [0.2, 0.25) is 5.02 Å². The van der Waals surface area contributed by atoms with Crippen molar-refractivity contribution in [1.82, 2.24) is 4.90 Å². The molecule has 0 spiro atoms. The Morgan fingerprint density at radius 1 is 1.09 bits per heavy atom. The number of para-hydroxylation sites is 1. The van der Waals surface area contributed by atoms with E-state index in [1.807, 2.05) is 6.08 Å². The number of imide groups is 2. The molecule has 2 aliphatic carbocycles. The van der Waals surface area contributed by atoms with Gasteiger partial charge < -0.3 is 14.9 Å². The maximum Gasteiger partial charge on any atom is 0.303 e. The van der Waals surface area contributed by atoms with Crippen molar-refractivity contribution in [2.75, 3.05) is 24.7 Å². The lowest BCUT2D eigenvalue weighted by Crippen LogP contribution is -2.49. The van der Waals surface area contributed by atoms with Crippen molar-refractivity contribution in [3.8, 4) is 5.75 Å². The van der Waals surface area contributed by atoms with Gasteiger partial charge in [0.15, 0.2) is 0 Å². The molecule has 2 heterocycles. The van der Waals surface area contributed by atoms with E-state index >= 15 is 0 Å². The Morgan fingerprint density at radius 2 is 1.84 bits per heavy atom. The average Bonchev–Trinajstić information content (AvgIpc) is 3.37. The number of hydrogen-bond acceptors (Lipinski definition) is 7. The number of allylic oxidation sites excluding steroid dienone is 2. The van der Waals surface area contributed by atoms with Crippen molar-refractivity contribution in [2.24, 2.45) is 29.1 Å². The Balaban J connectivity index is 1.47. The smallest absolute Gasteiger partial charge is 0.303 e. The van der Waals surface area contributed by atoms with Gasteiger partial charge in [-0.25, -0.2) is 9.29 Å². The minimum Gasteiger partial charge on any atom is -0.491 e. The molecule has 0 unspecified atom stereocenters. The highest BCUT2D eigenvalue weighted by atomic mass is 35.5. The van der Waals surface area contributed by atoms with Crippen molar-refractivity contribution in [3.63, 3.8) is 0 Å². The van der Waals surface area contributed by atoms with Crippen LogP contribution in [-0.2, 0) is 24.0 Å². The van der Waals surface area contributed by atoms with Crippen LogP contribution < -0.4 is 9.64 Å². The number of carbonyl (C=O) groups excluding carboxylic acids is 4. The summed E-state index contributed by atoms with van der Waals surface area (Å²) in [5.74, 6) is -6.76. The molecule has 0 radical (unpaired) electrons. The molecular formula is C33H32ClFN2O8. The fourth-order valence-electron chi connectivity index (χ4n) is 7.91. The zero-order valence-corrected chi connectivity index (χ0v) is 25.2. The first-order valence-corrected chi connectivity index (χ1v) is 15.3. The zero-order valence-electron chi connectivity index (χ0n) is 24.4. The fourth-order valence-corrected chi connectivity index (χ4v) is 8.08. The highest BCUT2D eigenvalue weighted by Crippen LogP contribution is 2.64. The SMILES string of the molecule is C[C@@]12C(=O)N(c3ccc(F)c(Cl)c3)C(=O)[C@@H]1C[C@@H]1C(=CC[C@@H]3C(=O)N(CCCC(=O)O)C(=O)[C@@H]31)[C@@H]2c1ccccc1OCCO. The molecule has 4 aliphatic rings. The number of benzene rings is 2. The number of aliphatic carboxylic acids is 1. The molecule has 3 fully saturated rings. The summed E-state index contributed by atoms with van der Waals surface area (Å²) >= 11 is 6.05. The molecule has 6 atom stereocenters. The van der Waals surface area contributed by atoms with Crippen LogP contribution in [0.25, 0.3) is 0 Å². The van der Waals surface area contributed by atoms with Crippen molar-refractivity contribution >= 4 is 46.9 Å². The van der Waals surface area contributed by atoms with Crippen molar-refractivity contribution in [1.29, 1.82) is 0 Å². The van der Waals surface area contributed by atoms with E-state index in [1.54, 1.807) is 31.2 Å². The van der Waals surface area contributed by atoms with Crippen LogP contribution in [0.15, 0.2) is 54.1 Å². The zero-order chi connectivity index (χ0) is 32.2. The predicted molar refractivity (Wildman–Crippen MR) is 159 cm³/mol. The van der Waals surface area contributed by atoms with Crippen LogP contribution in [0.4, 0.5) is 10.1 Å². The van der Waals surface area contributed by atoms with E-state index in [0.717, 1.165) is 21.4 Å². The highest BCUT2D eigenvalue weighted by Gasteiger charge is 2.67. The quantitative estimate of drug-likeness (QED) is 0.311. The summed E-state index contributed by atoms with van der Waals surface area (Å²) in [6.45, 7) is 1.44. The van der Waals surface area contributed by atoms with Crippen LogP contribution >= 0.6 is 11.6 Å². The lowest BCUT2D eigenvalue weighted by Gasteiger charge is -2.49. The van der Waals surface area contributed by atoms with Crippen LogP contribution in [0.1, 0.15) is 44.1 Å². The first kappa shape index (κ1) is 30.9. The number of carboxylic acids is 1. The minimum atomic E-state index is -1.35. The van der Waals surface area contributed by atoms with E-state index in [4.69, 9.17) is 21.4 Å². The Morgan fingerprint density at radius 3 is 2.56 bits per heavy atom. The molecule has 4 amide bonds. The summed E-state index contributed by atoms with van der Waals surface area (Å²) < 4.78 is 20.0. The normalized spacial score (nSPS) is 29.0. The largest absolute Gasteiger partial charge is 0.491 e. The Labute approximate surface area is 263 Å². The number of aliphatic hydroxyl groups is 1. The summed E-state index contributed by atoms with van der Waals surface area (Å²) in [5, 5.41) is 18.3. The van der Waals surface area contributed by atoms with Gasteiger partial charge in [-0.3, -0.25) is 28.9 Å². The van der Waals surface area contributed by atoms with E-state index in [0.29, 0.717) is 11.3 Å². The maximum atomic E-state index is 14.5. The van der Waals surface area contributed by atoms with Gasteiger partial charge >= 0.3 is 5.97 Å². The molecule has 1 saturated carbocycles. The maximum absolute atomic E-state index is 14.5. The number of amides is 4. The molecule has 0 aromatic heterocycles. The van der Waals surface area contributed by atoms with Crippen LogP contribution in [0.3, 0.4) is 0 Å². The van der Waals surface area contributed by atoms with Crippen molar-refractivity contribution < 1.29 is 43.3 Å². The summed E-state index contributed by atoms with van der Waals surface area (Å²) in [6, 6.07) is 10.7. The molecule has 2 N–H and O–H groups in total. The van der Waals surface area contributed by atoms with Crippen LogP contribution in [-0.4, -0.2) is 64.5 Å². The highest BCUT2D eigenvalue weighted by molar-refractivity contribution is 6.31. The third kappa shape index (κ3) is 4.84. The molecule has 2 aromatic carbocycles. The van der Waals surface area contributed by atoms with Gasteiger partial charge in [-0.15, -0.1) is 0 Å². The van der Waals surface area contributed by atoms with Gasteiger partial charge in [0.05, 0.1) is 40.5 Å².